The summed E-state index contributed by atoms with van der Waals surface area (Å²) in [5, 5.41) is 0. The van der Waals surface area contributed by atoms with Crippen LogP contribution >= 0.6 is 0 Å². The molecule has 0 spiro atoms. The van der Waals surface area contributed by atoms with Crippen molar-refractivity contribution in [1.29, 1.82) is 0 Å². The minimum absolute atomic E-state index is 0. The van der Waals surface area contributed by atoms with Crippen LogP contribution in [0.25, 0.3) is 0 Å². The van der Waals surface area contributed by atoms with E-state index in [1.54, 1.807) is 23.3 Å². The molecule has 2 unspecified atom stereocenters. The molecule has 0 amide bonds. The number of rotatable bonds is 2. The molecular formula is C25H34Cl2SiZr-2. The van der Waals surface area contributed by atoms with Crippen LogP contribution < -0.4 is 24.8 Å². The van der Waals surface area contributed by atoms with Crippen LogP contribution in [0.5, 0.6) is 0 Å². The molecule has 29 heavy (non-hydrogen) atoms. The number of halogens is 2. The van der Waals surface area contributed by atoms with Crippen LogP contribution in [0, 0.1) is 24.0 Å². The third kappa shape index (κ3) is 10.1. The van der Waals surface area contributed by atoms with E-state index in [1.807, 2.05) is 0 Å². The monoisotopic (exact) mass is 522 g/mol. The Kier molecular flexibility index (Phi) is 16.7. The second-order valence-corrected chi connectivity index (χ2v) is 11.3. The fourth-order valence-electron chi connectivity index (χ4n) is 3.06. The SMILES string of the molecule is CC1=[C-]C(C)C(C)=C1C.CC1=[C-]C(C)C(C)=C1C.[Cl-].[Cl-].[Zr+2]=[SiH]Cc1ccccc1. The molecule has 2 atom stereocenters. The maximum absolute atomic E-state index is 3.36. The Bertz CT molecular complexity index is 729. The van der Waals surface area contributed by atoms with Crippen molar-refractivity contribution >= 4 is 6.16 Å². The fraction of sp³-hybridized carbons (Fsp3) is 0.440. The zero-order valence-corrected chi connectivity index (χ0v) is 24.2. The molecular weight excluding hydrogens is 490 g/mol. The number of allylic oxidation sites excluding steroid dienone is 8. The Balaban J connectivity index is 0. The van der Waals surface area contributed by atoms with Crippen molar-refractivity contribution in [2.75, 3.05) is 0 Å². The first-order valence-corrected chi connectivity index (χ1v) is 15.4. The predicted molar refractivity (Wildman–Crippen MR) is 117 cm³/mol. The second-order valence-electron chi connectivity index (χ2n) is 7.49. The van der Waals surface area contributed by atoms with Gasteiger partial charge in [0, 0.05) is 0 Å². The van der Waals surface area contributed by atoms with Gasteiger partial charge in [0.2, 0.25) is 0 Å². The molecule has 3 rings (SSSR count). The summed E-state index contributed by atoms with van der Waals surface area (Å²) in [6.45, 7) is 17.3. The average molecular weight is 525 g/mol. The molecule has 0 saturated heterocycles. The van der Waals surface area contributed by atoms with E-state index < -0.39 is 0 Å². The van der Waals surface area contributed by atoms with Gasteiger partial charge in [-0.3, -0.25) is 12.2 Å². The summed E-state index contributed by atoms with van der Waals surface area (Å²) < 4.78 is 0. The number of benzene rings is 1. The van der Waals surface area contributed by atoms with E-state index in [9.17, 15) is 0 Å². The average Bonchev–Trinajstić information content (AvgIpc) is 3.01. The van der Waals surface area contributed by atoms with Gasteiger partial charge in [0.05, 0.1) is 0 Å². The first kappa shape index (κ1) is 31.0. The van der Waals surface area contributed by atoms with Crippen molar-refractivity contribution in [3.05, 3.63) is 81.5 Å². The van der Waals surface area contributed by atoms with E-state index in [2.05, 4.69) is 97.9 Å². The van der Waals surface area contributed by atoms with Crippen molar-refractivity contribution in [2.45, 2.75) is 61.4 Å². The van der Waals surface area contributed by atoms with Crippen LogP contribution in [0.1, 0.15) is 61.0 Å². The molecule has 0 aliphatic heterocycles. The maximum atomic E-state index is 3.36. The Morgan fingerprint density at radius 2 is 1.14 bits per heavy atom. The van der Waals surface area contributed by atoms with E-state index in [0.717, 1.165) is 0 Å². The molecule has 4 heteroatoms. The molecule has 1 aromatic carbocycles. The number of hydrogen-bond donors (Lipinski definition) is 0. The van der Waals surface area contributed by atoms with Gasteiger partial charge in [-0.05, 0) is 0 Å². The van der Waals surface area contributed by atoms with E-state index in [-0.39, 0.29) is 24.8 Å². The van der Waals surface area contributed by atoms with Crippen molar-refractivity contribution in [3.63, 3.8) is 0 Å². The molecule has 2 aliphatic rings. The molecule has 0 bridgehead atoms. The van der Waals surface area contributed by atoms with Crippen molar-refractivity contribution < 1.29 is 48.1 Å². The molecule has 0 N–H and O–H groups in total. The van der Waals surface area contributed by atoms with Gasteiger partial charge in [-0.25, -0.2) is 11.1 Å². The molecule has 2 aliphatic carbocycles. The van der Waals surface area contributed by atoms with Crippen LogP contribution in [0.4, 0.5) is 0 Å². The van der Waals surface area contributed by atoms with Gasteiger partial charge in [0.25, 0.3) is 0 Å². The van der Waals surface area contributed by atoms with Gasteiger partial charge in [0.15, 0.2) is 0 Å². The topological polar surface area (TPSA) is 0 Å². The van der Waals surface area contributed by atoms with E-state index >= 15 is 0 Å². The molecule has 0 nitrogen and oxygen atoms in total. The van der Waals surface area contributed by atoms with Crippen LogP contribution in [-0.2, 0) is 29.4 Å². The Hall–Kier alpha value is -0.140. The Morgan fingerprint density at radius 3 is 1.34 bits per heavy atom. The summed E-state index contributed by atoms with van der Waals surface area (Å²) in [7, 11) is 0. The quantitative estimate of drug-likeness (QED) is 0.392. The summed E-state index contributed by atoms with van der Waals surface area (Å²) in [6, 6.07) is 12.0. The summed E-state index contributed by atoms with van der Waals surface area (Å²) in [6.07, 6.45) is 7.43. The van der Waals surface area contributed by atoms with Gasteiger partial charge in [-0.2, -0.15) is 22.3 Å². The minimum atomic E-state index is 0. The van der Waals surface area contributed by atoms with Crippen molar-refractivity contribution in [1.82, 2.24) is 0 Å². The fourth-order valence-corrected chi connectivity index (χ4v) is 5.30. The standard InChI is InChI=1S/2C9H13.C7H8Si.2ClH.Zr/c2*1-6-5-7(2)9(4)8(6)3;8-6-7-4-2-1-3-5-7;;;/h2*6H,1-4H3;1-5,8H,6H2;2*1H;/q2*-1;;;;+2/p-2. The van der Waals surface area contributed by atoms with E-state index in [4.69, 9.17) is 0 Å². The molecule has 0 radical (unpaired) electrons. The van der Waals surface area contributed by atoms with Crippen LogP contribution in [0.15, 0.2) is 63.8 Å². The third-order valence-corrected chi connectivity index (χ3v) is 7.83. The zero-order valence-electron chi connectivity index (χ0n) is 19.1. The van der Waals surface area contributed by atoms with Gasteiger partial charge in [-0.15, -0.1) is 13.8 Å². The van der Waals surface area contributed by atoms with E-state index in [1.165, 1.54) is 45.0 Å². The summed E-state index contributed by atoms with van der Waals surface area (Å²) in [4.78, 5) is 0. The van der Waals surface area contributed by atoms with Crippen molar-refractivity contribution in [3.8, 4) is 0 Å². The van der Waals surface area contributed by atoms with Gasteiger partial charge in [-0.1, -0.05) is 53.4 Å². The normalized spacial score (nSPS) is 19.7. The second kappa shape index (κ2) is 15.6. The first-order valence-electron chi connectivity index (χ1n) is 9.77. The van der Waals surface area contributed by atoms with Gasteiger partial charge in [0.1, 0.15) is 0 Å². The molecule has 0 aromatic heterocycles. The molecule has 0 saturated carbocycles. The molecule has 158 valence electrons. The molecule has 0 heterocycles. The summed E-state index contributed by atoms with van der Waals surface area (Å²) >= 11 is 1.72. The van der Waals surface area contributed by atoms with Crippen LogP contribution in [-0.4, -0.2) is 6.16 Å². The number of hydrogen-bond acceptors (Lipinski definition) is 0. The zero-order chi connectivity index (χ0) is 20.6. The molecule has 0 fully saturated rings. The van der Waals surface area contributed by atoms with Crippen molar-refractivity contribution in [2.24, 2.45) is 11.8 Å². The summed E-state index contributed by atoms with van der Waals surface area (Å²) in [5.74, 6) is 1.12. The Labute approximate surface area is 207 Å². The Morgan fingerprint density at radius 1 is 0.759 bits per heavy atom. The predicted octanol–water partition coefficient (Wildman–Crippen LogP) is 0.537. The third-order valence-electron chi connectivity index (χ3n) is 5.65. The summed E-state index contributed by atoms with van der Waals surface area (Å²) in [5.41, 5.74) is 9.99. The van der Waals surface area contributed by atoms with Crippen LogP contribution in [0.2, 0.25) is 0 Å². The van der Waals surface area contributed by atoms with Gasteiger partial charge >= 0.3 is 71.4 Å². The molecule has 1 aromatic rings. The van der Waals surface area contributed by atoms with E-state index in [0.29, 0.717) is 18.0 Å². The first-order chi connectivity index (χ1) is 12.7. The van der Waals surface area contributed by atoms with Crippen LogP contribution in [0.3, 0.4) is 0 Å². The van der Waals surface area contributed by atoms with Gasteiger partial charge < -0.3 is 24.8 Å².